The van der Waals surface area contributed by atoms with Gasteiger partial charge in [-0.05, 0) is 104 Å². The van der Waals surface area contributed by atoms with E-state index in [1.807, 2.05) is 6.92 Å². The molecule has 4 aliphatic rings. The van der Waals surface area contributed by atoms with Crippen molar-refractivity contribution in [2.45, 2.75) is 97.1 Å². The molecule has 9 nitrogen and oxygen atoms in total. The van der Waals surface area contributed by atoms with Gasteiger partial charge in [-0.2, -0.15) is 0 Å². The molecule has 0 saturated heterocycles. The Morgan fingerprint density at radius 1 is 1.18 bits per heavy atom. The number of hydrogen-bond acceptors (Lipinski definition) is 8. The van der Waals surface area contributed by atoms with E-state index in [0.29, 0.717) is 25.7 Å². The van der Waals surface area contributed by atoms with Crippen molar-refractivity contribution in [3.63, 3.8) is 0 Å². The van der Waals surface area contributed by atoms with Gasteiger partial charge >= 0.3 is 59.1 Å². The average molecular weight is 578 g/mol. The van der Waals surface area contributed by atoms with Gasteiger partial charge in [-0.1, -0.05) is 20.8 Å². The van der Waals surface area contributed by atoms with Gasteiger partial charge < -0.3 is 24.9 Å². The predicted molar refractivity (Wildman–Crippen MR) is 128 cm³/mol. The molecule has 12 heteroatoms. The van der Waals surface area contributed by atoms with Gasteiger partial charge in [0.05, 0.1) is 24.7 Å². The molecule has 0 aromatic rings. The number of carboxylic acid groups (broad SMARTS) is 1. The quantitative estimate of drug-likeness (QED) is 0.167. The standard InChI is InChI=1S/C26H43NO8S.2Na/c1-15(4-9-23(29)27-14-24(30)31)19-7-8-20-18-6-5-16-12-17(35-36(32,33)34)10-11-25(16,2)21(18)13-22(28)26(19,20)3;;/h15-22,28H,4-14H2,1-3H3,(H,27,29)(H,30,31)(H,32,33,34);;/q;2*+1/p-2/t15-,16-,17-,18?,19-,20?,21?,22+,25+,26-;;/m1../s1/i10D2,12D2;;. The minimum Gasteiger partial charge on any atom is -0.726 e. The van der Waals surface area contributed by atoms with Crippen LogP contribution < -0.4 is 69.5 Å². The fourth-order valence-electron chi connectivity index (χ4n) is 8.46. The predicted octanol–water partition coefficient (Wildman–Crippen LogP) is -4.25. The fraction of sp³-hybridized carbons (Fsp3) is 0.923. The molecule has 0 heterocycles. The van der Waals surface area contributed by atoms with Crippen LogP contribution in [0.1, 0.15) is 90.4 Å². The number of aliphatic carboxylic acids is 1. The summed E-state index contributed by atoms with van der Waals surface area (Å²) in [6, 6.07) is 0. The molecule has 0 aromatic carbocycles. The number of nitrogens with one attached hydrogen (secondary N) is 1. The minimum absolute atomic E-state index is 0. The maximum absolute atomic E-state index is 12.1. The molecule has 1 amide bonds. The van der Waals surface area contributed by atoms with Crippen LogP contribution in [-0.4, -0.2) is 48.7 Å². The van der Waals surface area contributed by atoms with Crippen LogP contribution in [0.4, 0.5) is 0 Å². The minimum atomic E-state index is -5.33. The molecule has 3 unspecified atom stereocenters. The van der Waals surface area contributed by atoms with Gasteiger partial charge in [-0.3, -0.25) is 8.98 Å². The zero-order valence-corrected chi connectivity index (χ0v) is 28.0. The number of carbonyl (C=O) groups excluding carboxylic acids is 2. The Balaban J connectivity index is 0.00000308. The SMILES string of the molecule is [2H]C1([2H])C[C@]2(C)C3C[C@H](O)[C@@]4(C)C(CC[C@@H]4[C@H](C)CCC(=O)NCC(=O)[O-])C3CC[C@@H]2C([2H])([2H])[C@@H]1OS(=O)(=O)[O-].[Na+].[Na+]. The summed E-state index contributed by atoms with van der Waals surface area (Å²) in [6.07, 6.45) is -3.98. The van der Waals surface area contributed by atoms with E-state index in [0.717, 1.165) is 12.8 Å². The summed E-state index contributed by atoms with van der Waals surface area (Å²) in [5.41, 5.74) is -1.33. The molecule has 206 valence electrons. The molecule has 10 atom stereocenters. The monoisotopic (exact) mass is 577 g/mol. The van der Waals surface area contributed by atoms with Crippen molar-refractivity contribution >= 4 is 22.3 Å². The smallest absolute Gasteiger partial charge is 0.726 e. The third kappa shape index (κ3) is 7.04. The van der Waals surface area contributed by atoms with E-state index in [-0.39, 0.29) is 107 Å². The summed E-state index contributed by atoms with van der Waals surface area (Å²) in [6.45, 7) is 5.46. The van der Waals surface area contributed by atoms with Crippen LogP contribution >= 0.6 is 0 Å². The van der Waals surface area contributed by atoms with Gasteiger partial charge in [-0.25, -0.2) is 8.42 Å². The van der Waals surface area contributed by atoms with Crippen LogP contribution in [0.3, 0.4) is 0 Å². The number of rotatable bonds is 8. The summed E-state index contributed by atoms with van der Waals surface area (Å²) >= 11 is 0. The Morgan fingerprint density at radius 3 is 2.50 bits per heavy atom. The Kier molecular flexibility index (Phi) is 10.2. The third-order valence-electron chi connectivity index (χ3n) is 10.2. The van der Waals surface area contributed by atoms with E-state index in [4.69, 9.17) is 5.48 Å². The number of fused-ring (bicyclic) bond motifs is 5. The molecule has 2 N–H and O–H groups in total. The van der Waals surface area contributed by atoms with Gasteiger partial charge in [0, 0.05) is 11.9 Å². The van der Waals surface area contributed by atoms with Gasteiger partial charge in [0.2, 0.25) is 16.3 Å². The van der Waals surface area contributed by atoms with E-state index in [1.54, 1.807) is 0 Å². The van der Waals surface area contributed by atoms with E-state index < -0.39 is 64.6 Å². The number of carboxylic acids is 1. The molecule has 4 rings (SSSR count). The van der Waals surface area contributed by atoms with Gasteiger partial charge in [-0.15, -0.1) is 0 Å². The van der Waals surface area contributed by atoms with Crippen LogP contribution in [0.5, 0.6) is 0 Å². The second-order valence-corrected chi connectivity index (χ2v) is 12.9. The van der Waals surface area contributed by atoms with Crippen LogP contribution in [-0.2, 0) is 24.2 Å². The second kappa shape index (κ2) is 13.4. The Labute approximate surface area is 277 Å². The van der Waals surface area contributed by atoms with Crippen molar-refractivity contribution in [2.75, 3.05) is 6.54 Å². The van der Waals surface area contributed by atoms with Crippen molar-refractivity contribution in [1.29, 1.82) is 0 Å². The number of aliphatic hydroxyl groups is 1. The Morgan fingerprint density at radius 2 is 1.87 bits per heavy atom. The van der Waals surface area contributed by atoms with Crippen molar-refractivity contribution in [3.8, 4) is 0 Å². The normalized spacial score (nSPS) is 45.0. The van der Waals surface area contributed by atoms with Crippen molar-refractivity contribution in [1.82, 2.24) is 5.32 Å². The van der Waals surface area contributed by atoms with Gasteiger partial charge in [0.25, 0.3) is 0 Å². The first-order valence-electron chi connectivity index (χ1n) is 15.0. The maximum Gasteiger partial charge on any atom is 1.00 e. The molecule has 0 aliphatic heterocycles. The van der Waals surface area contributed by atoms with E-state index in [9.17, 15) is 32.8 Å². The largest absolute Gasteiger partial charge is 1.00 e. The van der Waals surface area contributed by atoms with E-state index in [1.165, 1.54) is 0 Å². The fourth-order valence-corrected chi connectivity index (χ4v) is 8.82. The van der Waals surface area contributed by atoms with Crippen molar-refractivity contribution in [2.24, 2.45) is 46.3 Å². The summed E-state index contributed by atoms with van der Waals surface area (Å²) in [5.74, 6) is -2.21. The molecule has 0 aromatic heterocycles. The van der Waals surface area contributed by atoms with Crippen LogP contribution in [0, 0.1) is 46.3 Å². The van der Waals surface area contributed by atoms with Gasteiger partial charge in [0.1, 0.15) is 0 Å². The molecule has 0 spiro atoms. The molecule has 38 heavy (non-hydrogen) atoms. The molecule has 0 bridgehead atoms. The number of amides is 1. The molecular weight excluding hydrogens is 532 g/mol. The number of aliphatic hydroxyl groups excluding tert-OH is 1. The first-order chi connectivity index (χ1) is 18.2. The third-order valence-corrected chi connectivity index (χ3v) is 10.7. The summed E-state index contributed by atoms with van der Waals surface area (Å²) in [5, 5.41) is 24.6. The zero-order valence-electron chi connectivity index (χ0n) is 27.2. The summed E-state index contributed by atoms with van der Waals surface area (Å²) in [4.78, 5) is 22.7. The van der Waals surface area contributed by atoms with Crippen LogP contribution in [0.2, 0.25) is 0 Å². The van der Waals surface area contributed by atoms with Crippen LogP contribution in [0.15, 0.2) is 0 Å². The Bertz CT molecular complexity index is 1130. The van der Waals surface area contributed by atoms with Crippen molar-refractivity contribution in [3.05, 3.63) is 0 Å². The first kappa shape index (κ1) is 28.9. The molecule has 4 aliphatic carbocycles. The second-order valence-electron chi connectivity index (χ2n) is 11.9. The maximum atomic E-state index is 12.1. The molecule has 4 fully saturated rings. The van der Waals surface area contributed by atoms with E-state index in [2.05, 4.69) is 23.3 Å². The summed E-state index contributed by atoms with van der Waals surface area (Å²) < 4.78 is 73.5. The topological polar surface area (TPSA) is 156 Å². The molecule has 4 saturated carbocycles. The molecule has 0 radical (unpaired) electrons. The zero-order chi connectivity index (χ0) is 30.1. The molecular formula is C26H41NNa2O8S. The average Bonchev–Trinajstić information content (AvgIpc) is 3.17. The number of hydrogen-bond donors (Lipinski definition) is 2. The Hall–Kier alpha value is 0.770. The van der Waals surface area contributed by atoms with Gasteiger partial charge in [0.15, 0.2) is 0 Å². The number of carbonyl (C=O) groups is 2. The van der Waals surface area contributed by atoms with E-state index >= 15 is 0 Å². The summed E-state index contributed by atoms with van der Waals surface area (Å²) in [7, 11) is -5.33. The first-order valence-corrected chi connectivity index (χ1v) is 14.4. The van der Waals surface area contributed by atoms with Crippen molar-refractivity contribution < 1.29 is 102 Å². The van der Waals surface area contributed by atoms with Crippen LogP contribution in [0.25, 0.3) is 0 Å².